The molecule has 3 heterocycles. The Balaban J connectivity index is 1.17. The van der Waals surface area contributed by atoms with Gasteiger partial charge in [-0.15, -0.1) is 10.2 Å². The lowest BCUT2D eigenvalue weighted by molar-refractivity contribution is 0.101. The molecule has 0 unspecified atom stereocenters. The molecule has 1 aromatic carbocycles. The molecule has 1 aliphatic heterocycles. The van der Waals surface area contributed by atoms with Crippen molar-refractivity contribution in [2.24, 2.45) is 5.92 Å². The van der Waals surface area contributed by atoms with E-state index in [2.05, 4.69) is 55.9 Å². The third-order valence-corrected chi connectivity index (χ3v) is 6.38. The number of nitrogens with one attached hydrogen (secondary N) is 1. The van der Waals surface area contributed by atoms with Crippen molar-refractivity contribution in [1.29, 1.82) is 0 Å². The van der Waals surface area contributed by atoms with Gasteiger partial charge in [0.25, 0.3) is 5.91 Å². The fraction of sp³-hybridized carbons (Fsp3) is 0.417. The normalized spacial score (nSPS) is 16.7. The molecular weight excluding hydrogens is 390 g/mol. The van der Waals surface area contributed by atoms with Crippen molar-refractivity contribution >= 4 is 17.6 Å². The molecule has 2 aliphatic rings. The van der Waals surface area contributed by atoms with E-state index in [1.54, 1.807) is 6.07 Å². The molecule has 5 rings (SSSR count). The number of carbonyl (C=O) groups is 1. The van der Waals surface area contributed by atoms with E-state index in [0.717, 1.165) is 75.1 Å². The number of nitrogens with zero attached hydrogens (tertiary/aromatic N) is 4. The number of hydrogen-bond donors (Lipinski definition) is 1. The summed E-state index contributed by atoms with van der Waals surface area (Å²) < 4.78 is 5.34. The number of piperidine rings is 1. The van der Waals surface area contributed by atoms with Crippen LogP contribution in [0.5, 0.6) is 0 Å². The van der Waals surface area contributed by atoms with Crippen LogP contribution in [0.15, 0.2) is 47.0 Å². The zero-order valence-electron chi connectivity index (χ0n) is 17.6. The number of rotatable bonds is 5. The van der Waals surface area contributed by atoms with Gasteiger partial charge in [-0.05, 0) is 68.6 Å². The minimum Gasteiger partial charge on any atom is -0.355 e. The Bertz CT molecular complexity index is 1020. The molecule has 0 radical (unpaired) electrons. The van der Waals surface area contributed by atoms with E-state index in [4.69, 9.17) is 4.52 Å². The number of carbonyl (C=O) groups excluding carboxylic acids is 1. The van der Waals surface area contributed by atoms with Gasteiger partial charge in [-0.1, -0.05) is 35.5 Å². The van der Waals surface area contributed by atoms with Gasteiger partial charge in [0.05, 0.1) is 5.69 Å². The molecule has 0 spiro atoms. The molecule has 1 fully saturated rings. The van der Waals surface area contributed by atoms with Gasteiger partial charge >= 0.3 is 0 Å². The van der Waals surface area contributed by atoms with Crippen LogP contribution >= 0.6 is 0 Å². The summed E-state index contributed by atoms with van der Waals surface area (Å²) in [6, 6.07) is 14.3. The average molecular weight is 418 g/mol. The molecule has 1 N–H and O–H groups in total. The highest BCUT2D eigenvalue weighted by Gasteiger charge is 2.23. The van der Waals surface area contributed by atoms with E-state index < -0.39 is 0 Å². The summed E-state index contributed by atoms with van der Waals surface area (Å²) in [5, 5.41) is 15.4. The second-order valence-electron chi connectivity index (χ2n) is 8.50. The first-order valence-electron chi connectivity index (χ1n) is 11.2. The number of hydrogen-bond acceptors (Lipinski definition) is 6. The van der Waals surface area contributed by atoms with Crippen LogP contribution in [0, 0.1) is 5.92 Å². The van der Waals surface area contributed by atoms with Crippen LogP contribution in [0.1, 0.15) is 53.0 Å². The number of aromatic nitrogens is 3. The predicted molar refractivity (Wildman–Crippen MR) is 118 cm³/mol. The first kappa shape index (κ1) is 19.7. The van der Waals surface area contributed by atoms with Crippen LogP contribution in [0.25, 0.3) is 0 Å². The molecular formula is C24H27N5O2. The number of anilines is 2. The lowest BCUT2D eigenvalue weighted by atomic mass is 9.90. The summed E-state index contributed by atoms with van der Waals surface area (Å²) in [4.78, 5) is 14.8. The van der Waals surface area contributed by atoms with Gasteiger partial charge < -0.3 is 9.42 Å². The number of aryl methyl sites for hydroxylation is 1. The third-order valence-electron chi connectivity index (χ3n) is 6.38. The highest BCUT2D eigenvalue weighted by molar-refractivity contribution is 6.02. The van der Waals surface area contributed by atoms with Gasteiger partial charge in [-0.3, -0.25) is 10.1 Å². The molecule has 31 heavy (non-hydrogen) atoms. The van der Waals surface area contributed by atoms with Gasteiger partial charge in [0.15, 0.2) is 11.5 Å². The van der Waals surface area contributed by atoms with Crippen LogP contribution in [0.4, 0.5) is 11.7 Å². The molecule has 3 aromatic rings. The zero-order valence-corrected chi connectivity index (χ0v) is 17.6. The lowest BCUT2D eigenvalue weighted by Gasteiger charge is -2.32. The Kier molecular flexibility index (Phi) is 5.65. The van der Waals surface area contributed by atoms with Crippen molar-refractivity contribution in [2.45, 2.75) is 44.9 Å². The minimum atomic E-state index is -0.315. The van der Waals surface area contributed by atoms with Gasteiger partial charge in [-0.2, -0.15) is 0 Å². The highest BCUT2D eigenvalue weighted by atomic mass is 16.5. The van der Waals surface area contributed by atoms with E-state index in [9.17, 15) is 4.79 Å². The van der Waals surface area contributed by atoms with Crippen LogP contribution in [0.2, 0.25) is 0 Å². The maximum absolute atomic E-state index is 12.6. The highest BCUT2D eigenvalue weighted by Crippen LogP contribution is 2.28. The minimum absolute atomic E-state index is 0.281. The summed E-state index contributed by atoms with van der Waals surface area (Å²) in [6.07, 6.45) is 7.40. The summed E-state index contributed by atoms with van der Waals surface area (Å²) in [7, 11) is 0. The fourth-order valence-corrected chi connectivity index (χ4v) is 4.58. The standard InChI is InChI=1S/C24H27N5O2/c30-23(25-24-19-8-4-5-9-20(19)28-31-24)21-10-11-22(27-26-21)29-14-12-18(13-15-29)16-17-6-2-1-3-7-17/h1-3,6-7,10-11,18H,4-5,8-9,12-16H2,(H,25,30). The number of amides is 1. The quantitative estimate of drug-likeness (QED) is 0.674. The van der Waals surface area contributed by atoms with Crippen molar-refractivity contribution in [2.75, 3.05) is 23.3 Å². The Morgan fingerprint density at radius 2 is 1.84 bits per heavy atom. The first-order valence-corrected chi connectivity index (χ1v) is 11.2. The Labute approximate surface area is 181 Å². The molecule has 160 valence electrons. The lowest BCUT2D eigenvalue weighted by Crippen LogP contribution is -2.35. The summed E-state index contributed by atoms with van der Waals surface area (Å²) in [6.45, 7) is 1.92. The molecule has 1 amide bonds. The second kappa shape index (κ2) is 8.88. The third kappa shape index (κ3) is 4.45. The zero-order chi connectivity index (χ0) is 21.0. The van der Waals surface area contributed by atoms with Crippen LogP contribution in [-0.2, 0) is 19.3 Å². The SMILES string of the molecule is O=C(Nc1onc2c1CCCC2)c1ccc(N2CCC(Cc3ccccc3)CC2)nn1. The molecule has 2 aromatic heterocycles. The molecule has 0 saturated carbocycles. The van der Waals surface area contributed by atoms with Gasteiger partial charge in [0.1, 0.15) is 0 Å². The maximum Gasteiger partial charge on any atom is 0.278 e. The average Bonchev–Trinajstić information content (AvgIpc) is 3.23. The maximum atomic E-state index is 12.6. The predicted octanol–water partition coefficient (Wildman–Crippen LogP) is 4.05. The van der Waals surface area contributed by atoms with E-state index in [0.29, 0.717) is 11.8 Å². The van der Waals surface area contributed by atoms with Gasteiger partial charge in [0.2, 0.25) is 5.88 Å². The van der Waals surface area contributed by atoms with Gasteiger partial charge in [0, 0.05) is 18.7 Å². The van der Waals surface area contributed by atoms with E-state index in [1.165, 1.54) is 5.56 Å². The van der Waals surface area contributed by atoms with Crippen LogP contribution in [0.3, 0.4) is 0 Å². The molecule has 7 nitrogen and oxygen atoms in total. The van der Waals surface area contributed by atoms with Crippen molar-refractivity contribution in [3.05, 3.63) is 65.0 Å². The van der Waals surface area contributed by atoms with Crippen molar-refractivity contribution < 1.29 is 9.32 Å². The van der Waals surface area contributed by atoms with Crippen molar-refractivity contribution in [3.8, 4) is 0 Å². The molecule has 0 bridgehead atoms. The Morgan fingerprint density at radius 1 is 1.03 bits per heavy atom. The summed E-state index contributed by atoms with van der Waals surface area (Å²) >= 11 is 0. The largest absolute Gasteiger partial charge is 0.355 e. The molecule has 1 aliphatic carbocycles. The van der Waals surface area contributed by atoms with Crippen LogP contribution < -0.4 is 10.2 Å². The monoisotopic (exact) mass is 417 g/mol. The number of fused-ring (bicyclic) bond motifs is 1. The smallest absolute Gasteiger partial charge is 0.278 e. The van der Waals surface area contributed by atoms with E-state index in [1.807, 2.05) is 6.07 Å². The summed E-state index contributed by atoms with van der Waals surface area (Å²) in [5.74, 6) is 1.66. The second-order valence-corrected chi connectivity index (χ2v) is 8.50. The van der Waals surface area contributed by atoms with Crippen LogP contribution in [-0.4, -0.2) is 34.4 Å². The Morgan fingerprint density at radius 3 is 2.61 bits per heavy atom. The van der Waals surface area contributed by atoms with E-state index >= 15 is 0 Å². The van der Waals surface area contributed by atoms with Crippen molar-refractivity contribution in [3.63, 3.8) is 0 Å². The van der Waals surface area contributed by atoms with Gasteiger partial charge in [-0.25, -0.2) is 0 Å². The summed E-state index contributed by atoms with van der Waals surface area (Å²) in [5.41, 5.74) is 3.66. The molecule has 7 heteroatoms. The fourth-order valence-electron chi connectivity index (χ4n) is 4.58. The first-order chi connectivity index (χ1) is 15.3. The molecule has 0 atom stereocenters. The van der Waals surface area contributed by atoms with Crippen molar-refractivity contribution in [1.82, 2.24) is 15.4 Å². The number of benzene rings is 1. The Hall–Kier alpha value is -3.22. The van der Waals surface area contributed by atoms with E-state index in [-0.39, 0.29) is 11.6 Å². The molecule has 1 saturated heterocycles. The topological polar surface area (TPSA) is 84.2 Å².